The Morgan fingerprint density at radius 3 is 2.07 bits per heavy atom. The smallest absolute Gasteiger partial charge is 0.329 e. The Morgan fingerprint density at radius 1 is 1.11 bits per heavy atom. The first kappa shape index (κ1) is 21.4. The van der Waals surface area contributed by atoms with E-state index in [2.05, 4.69) is 0 Å². The highest BCUT2D eigenvalue weighted by atomic mass is 16.5. The molecule has 0 aromatic heterocycles. The molecule has 2 aliphatic rings. The van der Waals surface area contributed by atoms with E-state index in [0.717, 1.165) is 17.7 Å². The summed E-state index contributed by atoms with van der Waals surface area (Å²) >= 11 is 0. The van der Waals surface area contributed by atoms with Gasteiger partial charge < -0.3 is 9.64 Å². The number of fused-ring (bicyclic) bond motifs is 1. The zero-order valence-electron chi connectivity index (χ0n) is 15.9. The third kappa shape index (κ3) is 4.66. The molecule has 150 valence electrons. The molecule has 3 unspecified atom stereocenters. The fourth-order valence-corrected chi connectivity index (χ4v) is 3.75. The van der Waals surface area contributed by atoms with E-state index in [1.807, 2.05) is 12.1 Å². The summed E-state index contributed by atoms with van der Waals surface area (Å²) in [7, 11) is 0. The molecular weight excluding hydrogens is 364 g/mol. The predicted molar refractivity (Wildman–Crippen MR) is 94.8 cm³/mol. The largest absolute Gasteiger partial charge is 0.454 e. The van der Waals surface area contributed by atoms with E-state index in [0.29, 0.717) is 12.8 Å². The van der Waals surface area contributed by atoms with Crippen LogP contribution >= 0.6 is 0 Å². The first-order valence-electron chi connectivity index (χ1n) is 9.47. The van der Waals surface area contributed by atoms with Crippen molar-refractivity contribution in [2.45, 2.75) is 51.5 Å². The van der Waals surface area contributed by atoms with Crippen molar-refractivity contribution in [3.63, 3.8) is 0 Å². The number of esters is 1. The molecule has 1 aliphatic carbocycles. The van der Waals surface area contributed by atoms with Crippen molar-refractivity contribution in [2.75, 3.05) is 19.7 Å². The van der Waals surface area contributed by atoms with Gasteiger partial charge in [0.1, 0.15) is 6.04 Å². The quantitative estimate of drug-likeness (QED) is 0.443. The average molecular weight is 388 g/mol. The van der Waals surface area contributed by atoms with Gasteiger partial charge in [-0.2, -0.15) is 10.5 Å². The molecule has 0 spiro atoms. The van der Waals surface area contributed by atoms with E-state index in [4.69, 9.17) is 15.3 Å². The number of nitriles is 2. The minimum absolute atomic E-state index is 0.0983. The number of amides is 3. The van der Waals surface area contributed by atoms with Crippen molar-refractivity contribution in [3.8, 4) is 12.1 Å². The van der Waals surface area contributed by atoms with E-state index in [1.54, 1.807) is 0 Å². The summed E-state index contributed by atoms with van der Waals surface area (Å²) in [6.45, 7) is 1.12. The van der Waals surface area contributed by atoms with Crippen molar-refractivity contribution in [3.05, 3.63) is 0 Å². The molecular formula is C19H24N4O5. The number of ether oxygens (including phenoxy) is 1. The maximum atomic E-state index is 12.5. The molecule has 2 fully saturated rings. The van der Waals surface area contributed by atoms with Crippen molar-refractivity contribution in [1.82, 2.24) is 9.80 Å². The van der Waals surface area contributed by atoms with Gasteiger partial charge in [-0.15, -0.1) is 0 Å². The highest BCUT2D eigenvalue weighted by Gasteiger charge is 2.51. The number of hydrogen-bond acceptors (Lipinski definition) is 7. The summed E-state index contributed by atoms with van der Waals surface area (Å²) in [5.41, 5.74) is 0. The van der Waals surface area contributed by atoms with E-state index in [-0.39, 0.29) is 49.6 Å². The van der Waals surface area contributed by atoms with E-state index < -0.39 is 24.5 Å². The first-order valence-corrected chi connectivity index (χ1v) is 9.47. The molecule has 28 heavy (non-hydrogen) atoms. The Labute approximate surface area is 163 Å². The van der Waals surface area contributed by atoms with Gasteiger partial charge in [-0.3, -0.25) is 19.3 Å². The number of carbonyl (C=O) groups is 4. The molecule has 0 aromatic rings. The minimum atomic E-state index is -1.09. The second kappa shape index (κ2) is 9.84. The average Bonchev–Trinajstić information content (AvgIpc) is 2.96. The van der Waals surface area contributed by atoms with Crippen molar-refractivity contribution >= 4 is 23.7 Å². The lowest BCUT2D eigenvalue weighted by Crippen LogP contribution is -2.45. The SMILES string of the molecule is CC(C(=O)OCC(=O)N(CCC#N)CCC#N)N1C(=O)C2CCCCC2C1=O. The molecule has 1 aliphatic heterocycles. The molecule has 1 saturated heterocycles. The van der Waals surface area contributed by atoms with Gasteiger partial charge in [-0.1, -0.05) is 12.8 Å². The maximum Gasteiger partial charge on any atom is 0.329 e. The monoisotopic (exact) mass is 388 g/mol. The Bertz CT molecular complexity index is 681. The zero-order chi connectivity index (χ0) is 20.7. The number of hydrogen-bond donors (Lipinski definition) is 0. The molecule has 1 saturated carbocycles. The number of carbonyl (C=O) groups excluding carboxylic acids is 4. The topological polar surface area (TPSA) is 132 Å². The molecule has 0 radical (unpaired) electrons. The van der Waals surface area contributed by atoms with Crippen LogP contribution in [0.25, 0.3) is 0 Å². The summed E-state index contributed by atoms with van der Waals surface area (Å²) in [6.07, 6.45) is 3.28. The first-order chi connectivity index (χ1) is 13.4. The van der Waals surface area contributed by atoms with Crippen LogP contribution in [0.4, 0.5) is 0 Å². The van der Waals surface area contributed by atoms with Gasteiger partial charge >= 0.3 is 5.97 Å². The molecule has 9 heteroatoms. The fourth-order valence-electron chi connectivity index (χ4n) is 3.75. The predicted octanol–water partition coefficient (Wildman–Crippen LogP) is 0.749. The van der Waals surface area contributed by atoms with Gasteiger partial charge in [0, 0.05) is 13.1 Å². The molecule has 0 bridgehead atoms. The number of nitrogens with zero attached hydrogens (tertiary/aromatic N) is 4. The lowest BCUT2D eigenvalue weighted by molar-refractivity contribution is -0.161. The van der Waals surface area contributed by atoms with Gasteiger partial charge in [0.25, 0.3) is 5.91 Å². The second-order valence-corrected chi connectivity index (χ2v) is 7.02. The molecule has 1 heterocycles. The third-order valence-corrected chi connectivity index (χ3v) is 5.28. The minimum Gasteiger partial charge on any atom is -0.454 e. The lowest BCUT2D eigenvalue weighted by Gasteiger charge is -2.23. The molecule has 3 amide bonds. The Hall–Kier alpha value is -2.94. The highest BCUT2D eigenvalue weighted by Crippen LogP contribution is 2.38. The van der Waals surface area contributed by atoms with Gasteiger partial charge in [0.2, 0.25) is 11.8 Å². The molecule has 2 rings (SSSR count). The van der Waals surface area contributed by atoms with Gasteiger partial charge in [-0.05, 0) is 19.8 Å². The van der Waals surface area contributed by atoms with Crippen LogP contribution < -0.4 is 0 Å². The van der Waals surface area contributed by atoms with Crippen LogP contribution in [0, 0.1) is 34.5 Å². The van der Waals surface area contributed by atoms with Crippen LogP contribution in [-0.4, -0.2) is 59.2 Å². The van der Waals surface area contributed by atoms with Crippen LogP contribution in [-0.2, 0) is 23.9 Å². The van der Waals surface area contributed by atoms with Gasteiger partial charge in [0.05, 0.1) is 36.8 Å². The van der Waals surface area contributed by atoms with Crippen LogP contribution in [0.1, 0.15) is 45.4 Å². The Morgan fingerprint density at radius 2 is 1.61 bits per heavy atom. The molecule has 3 atom stereocenters. The van der Waals surface area contributed by atoms with Gasteiger partial charge in [-0.25, -0.2) is 4.79 Å². The molecule has 9 nitrogen and oxygen atoms in total. The summed E-state index contributed by atoms with van der Waals surface area (Å²) in [6, 6.07) is 2.74. The normalized spacial score (nSPS) is 22.0. The van der Waals surface area contributed by atoms with Crippen molar-refractivity contribution < 1.29 is 23.9 Å². The number of likely N-dealkylation sites (tertiary alicyclic amines) is 1. The van der Waals surface area contributed by atoms with E-state index in [9.17, 15) is 19.2 Å². The van der Waals surface area contributed by atoms with Crippen LogP contribution in [0.5, 0.6) is 0 Å². The second-order valence-electron chi connectivity index (χ2n) is 7.02. The van der Waals surface area contributed by atoms with E-state index >= 15 is 0 Å². The van der Waals surface area contributed by atoms with Gasteiger partial charge in [0.15, 0.2) is 6.61 Å². The fraction of sp³-hybridized carbons (Fsp3) is 0.684. The highest BCUT2D eigenvalue weighted by molar-refractivity contribution is 6.07. The van der Waals surface area contributed by atoms with E-state index in [1.165, 1.54) is 11.8 Å². The Balaban J connectivity index is 1.93. The molecule has 0 aromatic carbocycles. The molecule has 0 N–H and O–H groups in total. The van der Waals surface area contributed by atoms with Crippen LogP contribution in [0.3, 0.4) is 0 Å². The van der Waals surface area contributed by atoms with Crippen LogP contribution in [0.15, 0.2) is 0 Å². The summed E-state index contributed by atoms with van der Waals surface area (Å²) < 4.78 is 5.03. The van der Waals surface area contributed by atoms with Crippen molar-refractivity contribution in [1.29, 1.82) is 10.5 Å². The maximum absolute atomic E-state index is 12.5. The summed E-state index contributed by atoms with van der Waals surface area (Å²) in [5, 5.41) is 17.3. The number of rotatable bonds is 8. The summed E-state index contributed by atoms with van der Waals surface area (Å²) in [5.74, 6) is -2.74. The zero-order valence-corrected chi connectivity index (χ0v) is 15.9. The van der Waals surface area contributed by atoms with Crippen LogP contribution in [0.2, 0.25) is 0 Å². The Kier molecular flexibility index (Phi) is 7.51. The van der Waals surface area contributed by atoms with Crippen molar-refractivity contribution in [2.24, 2.45) is 11.8 Å². The summed E-state index contributed by atoms with van der Waals surface area (Å²) in [4.78, 5) is 51.9. The standard InChI is InChI=1S/C19H24N4O5/c1-13(23-17(25)14-6-2-3-7-15(14)18(23)26)19(27)28-12-16(24)22(10-4-8-20)11-5-9-21/h13-15H,2-7,10-12H2,1H3. The third-order valence-electron chi connectivity index (χ3n) is 5.28. The lowest BCUT2D eigenvalue weighted by atomic mass is 9.81. The number of imide groups is 1.